The molecular weight excluding hydrogens is 186 g/mol. The second-order valence-electron chi connectivity index (χ2n) is 2.18. The molecule has 1 aromatic rings. The molecule has 0 N–H and O–H groups in total. The van der Waals surface area contributed by atoms with Gasteiger partial charge in [-0.25, -0.2) is 0 Å². The summed E-state index contributed by atoms with van der Waals surface area (Å²) in [6.07, 6.45) is 0. The zero-order valence-corrected chi connectivity index (χ0v) is 7.99. The van der Waals surface area contributed by atoms with E-state index in [1.807, 2.05) is 24.3 Å². The average Bonchev–Trinajstić information content (AvgIpc) is 2.19. The summed E-state index contributed by atoms with van der Waals surface area (Å²) in [5.74, 6) is 1.25. The molecule has 0 aliphatic heterocycles. The van der Waals surface area contributed by atoms with Crippen LogP contribution in [0.2, 0.25) is 0 Å². The number of ether oxygens (including phenoxy) is 1. The Morgan fingerprint density at radius 1 is 1.46 bits per heavy atom. The van der Waals surface area contributed by atoms with Gasteiger partial charge < -0.3 is 4.74 Å². The monoisotopic (exact) mass is 195 g/mol. The van der Waals surface area contributed by atoms with E-state index >= 15 is 0 Å². The number of thioether (sulfide) groups is 1. The van der Waals surface area contributed by atoms with Crippen molar-refractivity contribution < 1.29 is 4.74 Å². The van der Waals surface area contributed by atoms with Crippen LogP contribution in [0.3, 0.4) is 0 Å². The zero-order chi connectivity index (χ0) is 9.52. The molecule has 0 saturated heterocycles. The fraction of sp³-hybridized carbons (Fsp3) is 0.250. The fourth-order valence-corrected chi connectivity index (χ4v) is 1.39. The predicted molar refractivity (Wildman–Crippen MR) is 52.9 cm³/mol. The SMILES string of the molecule is COc1ccc(SCN=[N+]=[N-])cc1. The first-order valence-electron chi connectivity index (χ1n) is 3.64. The number of hydrogen-bond acceptors (Lipinski definition) is 3. The Balaban J connectivity index is 2.53. The Bertz CT molecular complexity index is 306. The summed E-state index contributed by atoms with van der Waals surface area (Å²) in [5.41, 5.74) is 8.05. The van der Waals surface area contributed by atoms with Gasteiger partial charge in [0.05, 0.1) is 13.0 Å². The van der Waals surface area contributed by atoms with Crippen molar-refractivity contribution in [3.8, 4) is 5.75 Å². The van der Waals surface area contributed by atoms with E-state index in [0.717, 1.165) is 10.6 Å². The molecule has 1 rings (SSSR count). The molecule has 68 valence electrons. The van der Waals surface area contributed by atoms with Crippen LogP contribution in [0.15, 0.2) is 34.3 Å². The summed E-state index contributed by atoms with van der Waals surface area (Å²) >= 11 is 1.49. The van der Waals surface area contributed by atoms with E-state index < -0.39 is 0 Å². The highest BCUT2D eigenvalue weighted by molar-refractivity contribution is 7.99. The molecule has 0 aliphatic carbocycles. The normalized spacial score (nSPS) is 9.00. The third-order valence-corrected chi connectivity index (χ3v) is 2.26. The molecule has 0 aromatic heterocycles. The molecule has 0 radical (unpaired) electrons. The van der Waals surface area contributed by atoms with Crippen LogP contribution in [0.5, 0.6) is 5.75 Å². The van der Waals surface area contributed by atoms with Crippen molar-refractivity contribution >= 4 is 11.8 Å². The van der Waals surface area contributed by atoms with E-state index in [9.17, 15) is 0 Å². The van der Waals surface area contributed by atoms with Crippen LogP contribution in [0.25, 0.3) is 10.4 Å². The van der Waals surface area contributed by atoms with Gasteiger partial charge in [0, 0.05) is 9.81 Å². The van der Waals surface area contributed by atoms with Gasteiger partial charge in [0.15, 0.2) is 0 Å². The molecule has 0 unspecified atom stereocenters. The highest BCUT2D eigenvalue weighted by atomic mass is 32.2. The number of azide groups is 1. The second kappa shape index (κ2) is 5.35. The van der Waals surface area contributed by atoms with Gasteiger partial charge in [-0.3, -0.25) is 0 Å². The van der Waals surface area contributed by atoms with E-state index in [2.05, 4.69) is 10.0 Å². The van der Waals surface area contributed by atoms with Crippen LogP contribution in [0.1, 0.15) is 0 Å². The van der Waals surface area contributed by atoms with Gasteiger partial charge in [-0.1, -0.05) is 5.11 Å². The summed E-state index contributed by atoms with van der Waals surface area (Å²) in [5, 5.41) is 3.42. The van der Waals surface area contributed by atoms with Crippen molar-refractivity contribution in [3.05, 3.63) is 34.7 Å². The minimum absolute atomic E-state index is 0.419. The molecule has 0 heterocycles. The maximum Gasteiger partial charge on any atom is 0.118 e. The van der Waals surface area contributed by atoms with Crippen molar-refractivity contribution in [1.29, 1.82) is 0 Å². The van der Waals surface area contributed by atoms with Crippen molar-refractivity contribution in [2.75, 3.05) is 13.0 Å². The van der Waals surface area contributed by atoms with E-state index in [0.29, 0.717) is 5.88 Å². The Labute approximate surface area is 80.5 Å². The zero-order valence-electron chi connectivity index (χ0n) is 7.17. The van der Waals surface area contributed by atoms with E-state index in [4.69, 9.17) is 10.3 Å². The summed E-state index contributed by atoms with van der Waals surface area (Å²) in [6.45, 7) is 0. The van der Waals surface area contributed by atoms with Gasteiger partial charge in [0.2, 0.25) is 0 Å². The van der Waals surface area contributed by atoms with Crippen LogP contribution in [-0.2, 0) is 0 Å². The largest absolute Gasteiger partial charge is 0.497 e. The van der Waals surface area contributed by atoms with Crippen LogP contribution in [0.4, 0.5) is 0 Å². The van der Waals surface area contributed by atoms with Gasteiger partial charge in [0.25, 0.3) is 0 Å². The highest BCUT2D eigenvalue weighted by Crippen LogP contribution is 2.20. The Hall–Kier alpha value is -1.32. The molecule has 4 nitrogen and oxygen atoms in total. The summed E-state index contributed by atoms with van der Waals surface area (Å²) in [4.78, 5) is 3.73. The third-order valence-electron chi connectivity index (χ3n) is 1.41. The molecule has 0 bridgehead atoms. The molecule has 0 atom stereocenters. The first-order valence-corrected chi connectivity index (χ1v) is 4.63. The topological polar surface area (TPSA) is 58.0 Å². The minimum Gasteiger partial charge on any atom is -0.497 e. The minimum atomic E-state index is 0.419. The van der Waals surface area contributed by atoms with Gasteiger partial charge in [-0.2, -0.15) is 0 Å². The first-order chi connectivity index (χ1) is 6.36. The molecule has 0 spiro atoms. The summed E-state index contributed by atoms with van der Waals surface area (Å²) in [7, 11) is 1.63. The van der Waals surface area contributed by atoms with Crippen molar-refractivity contribution in [1.82, 2.24) is 0 Å². The fourth-order valence-electron chi connectivity index (χ4n) is 0.801. The summed E-state index contributed by atoms with van der Waals surface area (Å²) < 4.78 is 5.00. The second-order valence-corrected chi connectivity index (χ2v) is 3.20. The Kier molecular flexibility index (Phi) is 4.02. The number of benzene rings is 1. The molecule has 0 aliphatic rings. The van der Waals surface area contributed by atoms with E-state index in [1.54, 1.807) is 7.11 Å². The van der Waals surface area contributed by atoms with Gasteiger partial charge >= 0.3 is 0 Å². The van der Waals surface area contributed by atoms with Crippen molar-refractivity contribution in [2.24, 2.45) is 5.11 Å². The lowest BCUT2D eigenvalue weighted by Gasteiger charge is -2.00. The van der Waals surface area contributed by atoms with Gasteiger partial charge in [0.1, 0.15) is 5.75 Å². The lowest BCUT2D eigenvalue weighted by Crippen LogP contribution is -1.81. The Morgan fingerprint density at radius 3 is 2.69 bits per heavy atom. The van der Waals surface area contributed by atoms with Crippen LogP contribution >= 0.6 is 11.8 Å². The maximum atomic E-state index is 8.05. The maximum absolute atomic E-state index is 8.05. The first kappa shape index (κ1) is 9.77. The van der Waals surface area contributed by atoms with Crippen LogP contribution in [0, 0.1) is 0 Å². The van der Waals surface area contributed by atoms with Crippen molar-refractivity contribution in [2.45, 2.75) is 4.90 Å². The molecule has 5 heteroatoms. The Morgan fingerprint density at radius 2 is 2.15 bits per heavy atom. The number of methoxy groups -OCH3 is 1. The molecule has 0 amide bonds. The van der Waals surface area contributed by atoms with Gasteiger partial charge in [-0.05, 0) is 29.8 Å². The smallest absolute Gasteiger partial charge is 0.118 e. The van der Waals surface area contributed by atoms with E-state index in [-0.39, 0.29) is 0 Å². The lowest BCUT2D eigenvalue weighted by atomic mass is 10.3. The molecule has 1 aromatic carbocycles. The molecule has 0 fully saturated rings. The van der Waals surface area contributed by atoms with Crippen molar-refractivity contribution in [3.63, 3.8) is 0 Å². The lowest BCUT2D eigenvalue weighted by molar-refractivity contribution is 0.414. The van der Waals surface area contributed by atoms with Gasteiger partial charge in [-0.15, -0.1) is 11.8 Å². The number of hydrogen-bond donors (Lipinski definition) is 0. The molecule has 0 saturated carbocycles. The van der Waals surface area contributed by atoms with Crippen LogP contribution < -0.4 is 4.74 Å². The predicted octanol–water partition coefficient (Wildman–Crippen LogP) is 3.06. The number of rotatable bonds is 4. The highest BCUT2D eigenvalue weighted by Gasteiger charge is 1.93. The van der Waals surface area contributed by atoms with E-state index in [1.165, 1.54) is 11.8 Å². The average molecular weight is 195 g/mol. The quantitative estimate of drug-likeness (QED) is 0.321. The standard InChI is InChI=1S/C8H9N3OS/c1-12-7-2-4-8(5-3-7)13-6-10-11-9/h2-5H,6H2,1H3. The van der Waals surface area contributed by atoms with Crippen LogP contribution in [-0.4, -0.2) is 13.0 Å². The molecular formula is C8H9N3OS. The molecule has 13 heavy (non-hydrogen) atoms. The third kappa shape index (κ3) is 3.27. The number of nitrogens with zero attached hydrogens (tertiary/aromatic N) is 3. The summed E-state index contributed by atoms with van der Waals surface area (Å²) in [6, 6.07) is 7.60.